The lowest BCUT2D eigenvalue weighted by Gasteiger charge is -2.13. The molecule has 3 aromatic rings. The van der Waals surface area contributed by atoms with E-state index in [0.717, 1.165) is 0 Å². The van der Waals surface area contributed by atoms with E-state index in [1.165, 1.54) is 12.1 Å². The number of non-ortho nitro benzene ring substituents is 1. The second-order valence-corrected chi connectivity index (χ2v) is 5.60. The lowest BCUT2D eigenvalue weighted by Crippen LogP contribution is -1.99. The van der Waals surface area contributed by atoms with Gasteiger partial charge in [-0.1, -0.05) is 11.6 Å². The van der Waals surface area contributed by atoms with Gasteiger partial charge in [0.15, 0.2) is 11.5 Å². The fourth-order valence-corrected chi connectivity index (χ4v) is 2.77. The first kappa shape index (κ1) is 17.0. The zero-order chi connectivity index (χ0) is 18.0. The van der Waals surface area contributed by atoms with Crippen molar-refractivity contribution in [2.75, 3.05) is 13.2 Å². The van der Waals surface area contributed by atoms with Crippen LogP contribution < -0.4 is 9.47 Å². The Bertz CT molecular complexity index is 939. The molecule has 0 saturated heterocycles. The Kier molecular flexibility index (Phi) is 4.76. The van der Waals surface area contributed by atoms with Crippen molar-refractivity contribution in [1.82, 2.24) is 9.97 Å². The van der Waals surface area contributed by atoms with Crippen molar-refractivity contribution in [2.24, 2.45) is 0 Å². The van der Waals surface area contributed by atoms with Gasteiger partial charge in [-0.25, -0.2) is 4.98 Å². The number of hydrogen-bond acceptors (Lipinski definition) is 5. The Hall–Kier alpha value is -2.80. The highest BCUT2D eigenvalue weighted by atomic mass is 35.5. The monoisotopic (exact) mass is 361 g/mol. The highest BCUT2D eigenvalue weighted by Gasteiger charge is 2.16. The number of benzene rings is 2. The summed E-state index contributed by atoms with van der Waals surface area (Å²) in [5.41, 5.74) is 1.91. The zero-order valence-electron chi connectivity index (χ0n) is 13.7. The Morgan fingerprint density at radius 3 is 2.64 bits per heavy atom. The number of halogens is 1. The van der Waals surface area contributed by atoms with E-state index in [1.807, 2.05) is 13.8 Å². The van der Waals surface area contributed by atoms with Crippen LogP contribution in [-0.2, 0) is 0 Å². The lowest BCUT2D eigenvalue weighted by molar-refractivity contribution is -0.384. The van der Waals surface area contributed by atoms with Crippen LogP contribution in [0, 0.1) is 10.1 Å². The van der Waals surface area contributed by atoms with Crippen LogP contribution in [0.4, 0.5) is 5.69 Å². The molecule has 7 nitrogen and oxygen atoms in total. The van der Waals surface area contributed by atoms with Gasteiger partial charge in [0.2, 0.25) is 0 Å². The number of rotatable bonds is 6. The molecule has 0 saturated carbocycles. The van der Waals surface area contributed by atoms with Gasteiger partial charge in [0.25, 0.3) is 5.69 Å². The SMILES string of the molecule is CCOc1cc(-c2nc3ccc([N+](=O)[O-])cc3[nH]2)cc(Cl)c1OCC. The summed E-state index contributed by atoms with van der Waals surface area (Å²) in [6.45, 7) is 4.67. The van der Waals surface area contributed by atoms with E-state index in [-0.39, 0.29) is 5.69 Å². The molecule has 25 heavy (non-hydrogen) atoms. The van der Waals surface area contributed by atoms with Crippen molar-refractivity contribution in [1.29, 1.82) is 0 Å². The van der Waals surface area contributed by atoms with E-state index in [1.54, 1.807) is 18.2 Å². The second kappa shape index (κ2) is 6.98. The summed E-state index contributed by atoms with van der Waals surface area (Å²) in [6, 6.07) is 7.98. The van der Waals surface area contributed by atoms with Gasteiger partial charge >= 0.3 is 0 Å². The smallest absolute Gasteiger partial charge is 0.271 e. The fraction of sp³-hybridized carbons (Fsp3) is 0.235. The molecule has 0 radical (unpaired) electrons. The predicted octanol–water partition coefficient (Wildman–Crippen LogP) is 4.59. The molecule has 0 aliphatic heterocycles. The molecule has 1 N–H and O–H groups in total. The summed E-state index contributed by atoms with van der Waals surface area (Å²) in [5, 5.41) is 11.3. The minimum Gasteiger partial charge on any atom is -0.490 e. The molecular weight excluding hydrogens is 346 g/mol. The number of hydrogen-bond donors (Lipinski definition) is 1. The number of ether oxygens (including phenoxy) is 2. The van der Waals surface area contributed by atoms with Crippen LogP contribution in [-0.4, -0.2) is 28.1 Å². The summed E-state index contributed by atoms with van der Waals surface area (Å²) in [6.07, 6.45) is 0. The van der Waals surface area contributed by atoms with Crippen LogP contribution in [0.25, 0.3) is 22.4 Å². The third kappa shape index (κ3) is 3.36. The first-order valence-electron chi connectivity index (χ1n) is 7.77. The molecule has 2 aromatic carbocycles. The van der Waals surface area contributed by atoms with E-state index in [2.05, 4.69) is 9.97 Å². The number of aromatic nitrogens is 2. The van der Waals surface area contributed by atoms with E-state index < -0.39 is 4.92 Å². The molecule has 0 aliphatic carbocycles. The van der Waals surface area contributed by atoms with Crippen LogP contribution in [0.1, 0.15) is 13.8 Å². The molecule has 0 fully saturated rings. The normalized spacial score (nSPS) is 10.8. The third-order valence-corrected chi connectivity index (χ3v) is 3.83. The molecule has 1 heterocycles. The number of H-pyrrole nitrogens is 1. The van der Waals surface area contributed by atoms with Gasteiger partial charge in [-0.2, -0.15) is 0 Å². The average Bonchev–Trinajstić information content (AvgIpc) is 3.01. The van der Waals surface area contributed by atoms with Crippen LogP contribution in [0.3, 0.4) is 0 Å². The van der Waals surface area contributed by atoms with Crippen LogP contribution >= 0.6 is 11.6 Å². The Balaban J connectivity index is 2.09. The fourth-order valence-electron chi connectivity index (χ4n) is 2.50. The average molecular weight is 362 g/mol. The van der Waals surface area contributed by atoms with Crippen molar-refractivity contribution >= 4 is 28.3 Å². The Morgan fingerprint density at radius 2 is 1.96 bits per heavy atom. The predicted molar refractivity (Wildman–Crippen MR) is 95.5 cm³/mol. The molecule has 8 heteroatoms. The van der Waals surface area contributed by atoms with Crippen molar-refractivity contribution < 1.29 is 14.4 Å². The van der Waals surface area contributed by atoms with Crippen molar-refractivity contribution in [3.63, 3.8) is 0 Å². The lowest BCUT2D eigenvalue weighted by atomic mass is 10.2. The summed E-state index contributed by atoms with van der Waals surface area (Å²) < 4.78 is 11.2. The quantitative estimate of drug-likeness (QED) is 0.512. The second-order valence-electron chi connectivity index (χ2n) is 5.20. The number of nitrogens with one attached hydrogen (secondary N) is 1. The molecule has 0 spiro atoms. The Morgan fingerprint density at radius 1 is 1.20 bits per heavy atom. The zero-order valence-corrected chi connectivity index (χ0v) is 14.5. The summed E-state index contributed by atoms with van der Waals surface area (Å²) in [7, 11) is 0. The molecular formula is C17H16ClN3O4. The maximum atomic E-state index is 10.9. The topological polar surface area (TPSA) is 90.3 Å². The standard InChI is InChI=1S/C17H16ClN3O4/c1-3-24-15-8-10(7-12(18)16(15)25-4-2)17-19-13-6-5-11(21(22)23)9-14(13)20-17/h5-9H,3-4H2,1-2H3,(H,19,20). The van der Waals surface area contributed by atoms with Gasteiger partial charge < -0.3 is 14.5 Å². The molecule has 0 atom stereocenters. The van der Waals surface area contributed by atoms with Gasteiger partial charge in [0.05, 0.1) is 34.2 Å². The number of imidazole rings is 1. The molecule has 0 unspecified atom stereocenters. The van der Waals surface area contributed by atoms with E-state index in [9.17, 15) is 10.1 Å². The van der Waals surface area contributed by atoms with Crippen molar-refractivity contribution in [2.45, 2.75) is 13.8 Å². The van der Waals surface area contributed by atoms with E-state index in [0.29, 0.717) is 52.2 Å². The maximum Gasteiger partial charge on any atom is 0.271 e. The summed E-state index contributed by atoms with van der Waals surface area (Å²) in [5.74, 6) is 1.56. The maximum absolute atomic E-state index is 10.9. The van der Waals surface area contributed by atoms with Crippen LogP contribution in [0.2, 0.25) is 5.02 Å². The third-order valence-electron chi connectivity index (χ3n) is 3.55. The molecule has 0 aliphatic rings. The van der Waals surface area contributed by atoms with Gasteiger partial charge in [0.1, 0.15) is 5.82 Å². The molecule has 0 amide bonds. The van der Waals surface area contributed by atoms with Crippen LogP contribution in [0.5, 0.6) is 11.5 Å². The summed E-state index contributed by atoms with van der Waals surface area (Å²) in [4.78, 5) is 18.0. The molecule has 130 valence electrons. The number of aromatic amines is 1. The first-order chi connectivity index (χ1) is 12.0. The highest BCUT2D eigenvalue weighted by molar-refractivity contribution is 6.32. The van der Waals surface area contributed by atoms with E-state index >= 15 is 0 Å². The molecule has 1 aromatic heterocycles. The highest BCUT2D eigenvalue weighted by Crippen LogP contribution is 2.39. The van der Waals surface area contributed by atoms with Gasteiger partial charge in [0, 0.05) is 17.7 Å². The van der Waals surface area contributed by atoms with Crippen molar-refractivity contribution in [3.05, 3.63) is 45.5 Å². The number of nitrogens with zero attached hydrogens (tertiary/aromatic N) is 2. The minimum atomic E-state index is -0.444. The molecule has 0 bridgehead atoms. The number of fused-ring (bicyclic) bond motifs is 1. The minimum absolute atomic E-state index is 0.00225. The van der Waals surface area contributed by atoms with E-state index in [4.69, 9.17) is 21.1 Å². The van der Waals surface area contributed by atoms with Gasteiger partial charge in [-0.05, 0) is 32.0 Å². The Labute approximate surface area is 148 Å². The molecule has 3 rings (SSSR count). The largest absolute Gasteiger partial charge is 0.490 e. The number of nitro groups is 1. The van der Waals surface area contributed by atoms with Gasteiger partial charge in [-0.15, -0.1) is 0 Å². The van der Waals surface area contributed by atoms with Crippen molar-refractivity contribution in [3.8, 4) is 22.9 Å². The number of nitro benzene ring substituents is 1. The van der Waals surface area contributed by atoms with Crippen LogP contribution in [0.15, 0.2) is 30.3 Å². The van der Waals surface area contributed by atoms with Gasteiger partial charge in [-0.3, -0.25) is 10.1 Å². The first-order valence-corrected chi connectivity index (χ1v) is 8.15. The summed E-state index contributed by atoms with van der Waals surface area (Å²) >= 11 is 6.33.